The van der Waals surface area contributed by atoms with E-state index in [0.717, 1.165) is 63.9 Å². The van der Waals surface area contributed by atoms with Gasteiger partial charge >= 0.3 is 0 Å². The van der Waals surface area contributed by atoms with Crippen LogP contribution in [0.4, 0.5) is 11.8 Å². The van der Waals surface area contributed by atoms with Crippen LogP contribution in [0.2, 0.25) is 0 Å². The summed E-state index contributed by atoms with van der Waals surface area (Å²) in [5.41, 5.74) is 0. The molecule has 150 valence electrons. The summed E-state index contributed by atoms with van der Waals surface area (Å²) in [6, 6.07) is 1.94. The van der Waals surface area contributed by atoms with Crippen molar-refractivity contribution in [3.05, 3.63) is 12.3 Å². The van der Waals surface area contributed by atoms with Crippen LogP contribution < -0.4 is 10.6 Å². The van der Waals surface area contributed by atoms with Crippen LogP contribution >= 0.6 is 0 Å². The maximum absolute atomic E-state index is 4.55. The highest BCUT2D eigenvalue weighted by molar-refractivity contribution is 5.39. The molecule has 0 aliphatic carbocycles. The van der Waals surface area contributed by atoms with Gasteiger partial charge in [0, 0.05) is 19.3 Å². The minimum atomic E-state index is 0.723. The maximum Gasteiger partial charge on any atom is 0.224 e. The molecule has 0 bridgehead atoms. The van der Waals surface area contributed by atoms with E-state index in [4.69, 9.17) is 0 Å². The first-order chi connectivity index (χ1) is 12.7. The molecule has 1 aromatic heterocycles. The van der Waals surface area contributed by atoms with Crippen molar-refractivity contribution in [1.82, 2.24) is 19.8 Å². The van der Waals surface area contributed by atoms with E-state index < -0.39 is 0 Å². The molecular formula is C20H40N6. The summed E-state index contributed by atoms with van der Waals surface area (Å²) >= 11 is 0. The van der Waals surface area contributed by atoms with Gasteiger partial charge in [-0.1, -0.05) is 27.7 Å². The number of hydrogen-bond donors (Lipinski definition) is 2. The second-order valence-corrected chi connectivity index (χ2v) is 6.59. The highest BCUT2D eigenvalue weighted by atomic mass is 15.1. The van der Waals surface area contributed by atoms with E-state index in [0.29, 0.717) is 0 Å². The summed E-state index contributed by atoms with van der Waals surface area (Å²) in [6.45, 7) is 17.7. The van der Waals surface area contributed by atoms with E-state index >= 15 is 0 Å². The number of anilines is 2. The predicted molar refractivity (Wildman–Crippen MR) is 113 cm³/mol. The zero-order valence-corrected chi connectivity index (χ0v) is 17.4. The van der Waals surface area contributed by atoms with E-state index in [-0.39, 0.29) is 0 Å². The number of aromatic nitrogens is 2. The summed E-state index contributed by atoms with van der Waals surface area (Å²) in [7, 11) is 0. The Labute approximate surface area is 160 Å². The lowest BCUT2D eigenvalue weighted by Gasteiger charge is -2.17. The van der Waals surface area contributed by atoms with Crippen LogP contribution in [0.1, 0.15) is 53.4 Å². The minimum Gasteiger partial charge on any atom is -0.370 e. The zero-order valence-electron chi connectivity index (χ0n) is 17.4. The van der Waals surface area contributed by atoms with Crippen LogP contribution in [0.25, 0.3) is 0 Å². The molecule has 0 aliphatic rings. The van der Waals surface area contributed by atoms with Crippen molar-refractivity contribution >= 4 is 11.8 Å². The van der Waals surface area contributed by atoms with Crippen molar-refractivity contribution < 1.29 is 0 Å². The lowest BCUT2D eigenvalue weighted by Crippen LogP contribution is -2.24. The predicted octanol–water partition coefficient (Wildman–Crippen LogP) is 3.54. The third-order valence-corrected chi connectivity index (χ3v) is 4.84. The monoisotopic (exact) mass is 364 g/mol. The Morgan fingerprint density at radius 1 is 0.769 bits per heavy atom. The second-order valence-electron chi connectivity index (χ2n) is 6.59. The Morgan fingerprint density at radius 2 is 1.31 bits per heavy atom. The third kappa shape index (κ3) is 9.92. The molecule has 0 saturated carbocycles. The highest BCUT2D eigenvalue weighted by Gasteiger charge is 2.01. The SMILES string of the molecule is CCN(CC)CCCCNc1ccnc(NCCCCN(CC)CC)n1. The van der Waals surface area contributed by atoms with Crippen molar-refractivity contribution in [2.75, 3.05) is 63.0 Å². The molecule has 1 heterocycles. The number of nitrogens with zero attached hydrogens (tertiary/aromatic N) is 4. The minimum absolute atomic E-state index is 0.723. The fourth-order valence-electron chi connectivity index (χ4n) is 2.96. The molecular weight excluding hydrogens is 324 g/mol. The molecule has 2 N–H and O–H groups in total. The van der Waals surface area contributed by atoms with E-state index in [1.807, 2.05) is 12.3 Å². The molecule has 0 aromatic carbocycles. The summed E-state index contributed by atoms with van der Waals surface area (Å²) < 4.78 is 0. The molecule has 0 radical (unpaired) electrons. The Bertz CT molecular complexity index is 408. The zero-order chi connectivity index (χ0) is 19.0. The molecule has 26 heavy (non-hydrogen) atoms. The van der Waals surface area contributed by atoms with E-state index in [1.165, 1.54) is 25.9 Å². The van der Waals surface area contributed by atoms with Gasteiger partial charge < -0.3 is 20.4 Å². The Balaban J connectivity index is 2.18. The summed E-state index contributed by atoms with van der Waals surface area (Å²) in [5, 5.41) is 6.75. The van der Waals surface area contributed by atoms with E-state index in [1.54, 1.807) is 0 Å². The van der Waals surface area contributed by atoms with Gasteiger partial charge in [-0.2, -0.15) is 4.98 Å². The van der Waals surface area contributed by atoms with Crippen molar-refractivity contribution in [3.63, 3.8) is 0 Å². The Hall–Kier alpha value is -1.40. The largest absolute Gasteiger partial charge is 0.370 e. The highest BCUT2D eigenvalue weighted by Crippen LogP contribution is 2.07. The van der Waals surface area contributed by atoms with Crippen LogP contribution in [0.15, 0.2) is 12.3 Å². The van der Waals surface area contributed by atoms with Gasteiger partial charge in [-0.05, 0) is 71.0 Å². The summed E-state index contributed by atoms with van der Waals surface area (Å²) in [5.74, 6) is 1.63. The first-order valence-electron chi connectivity index (χ1n) is 10.5. The van der Waals surface area contributed by atoms with Crippen LogP contribution in [0, 0.1) is 0 Å². The van der Waals surface area contributed by atoms with Crippen LogP contribution in [-0.4, -0.2) is 72.1 Å². The summed E-state index contributed by atoms with van der Waals surface area (Å²) in [4.78, 5) is 13.8. The number of nitrogens with one attached hydrogen (secondary N) is 2. The van der Waals surface area contributed by atoms with Gasteiger partial charge in [0.2, 0.25) is 5.95 Å². The second kappa shape index (κ2) is 14.7. The first kappa shape index (κ1) is 22.6. The number of rotatable bonds is 16. The molecule has 1 aromatic rings. The standard InChI is InChI=1S/C20H40N6/c1-5-25(6-2)17-11-9-14-21-19-13-16-23-20(24-19)22-15-10-12-18-26(7-3)8-4/h13,16H,5-12,14-15,17-18H2,1-4H3,(H2,21,22,23,24). The Kier molecular flexibility index (Phi) is 12.8. The molecule has 0 amide bonds. The average molecular weight is 365 g/mol. The van der Waals surface area contributed by atoms with Crippen LogP contribution in [0.3, 0.4) is 0 Å². The van der Waals surface area contributed by atoms with Gasteiger partial charge in [0.1, 0.15) is 5.82 Å². The van der Waals surface area contributed by atoms with Gasteiger partial charge in [0.15, 0.2) is 0 Å². The molecule has 0 unspecified atom stereocenters. The molecule has 0 atom stereocenters. The van der Waals surface area contributed by atoms with Gasteiger partial charge in [-0.25, -0.2) is 4.98 Å². The van der Waals surface area contributed by atoms with Gasteiger partial charge in [0.25, 0.3) is 0 Å². The topological polar surface area (TPSA) is 56.3 Å². The summed E-state index contributed by atoms with van der Waals surface area (Å²) in [6.07, 6.45) is 6.55. The van der Waals surface area contributed by atoms with Crippen LogP contribution in [0.5, 0.6) is 0 Å². The van der Waals surface area contributed by atoms with Crippen molar-refractivity contribution in [2.45, 2.75) is 53.4 Å². The van der Waals surface area contributed by atoms with Gasteiger partial charge in [-0.3, -0.25) is 0 Å². The molecule has 6 nitrogen and oxygen atoms in total. The number of hydrogen-bond acceptors (Lipinski definition) is 6. The van der Waals surface area contributed by atoms with Gasteiger partial charge in [0.05, 0.1) is 0 Å². The maximum atomic E-state index is 4.55. The van der Waals surface area contributed by atoms with Gasteiger partial charge in [-0.15, -0.1) is 0 Å². The molecule has 0 spiro atoms. The molecule has 1 rings (SSSR count). The van der Waals surface area contributed by atoms with E-state index in [9.17, 15) is 0 Å². The first-order valence-corrected chi connectivity index (χ1v) is 10.5. The lowest BCUT2D eigenvalue weighted by molar-refractivity contribution is 0.298. The molecule has 0 saturated heterocycles. The fourth-order valence-corrected chi connectivity index (χ4v) is 2.96. The normalized spacial score (nSPS) is 11.3. The molecule has 0 aliphatic heterocycles. The average Bonchev–Trinajstić information content (AvgIpc) is 2.68. The smallest absolute Gasteiger partial charge is 0.224 e. The van der Waals surface area contributed by atoms with Crippen molar-refractivity contribution in [2.24, 2.45) is 0 Å². The fraction of sp³-hybridized carbons (Fsp3) is 0.800. The lowest BCUT2D eigenvalue weighted by atomic mass is 10.3. The third-order valence-electron chi connectivity index (χ3n) is 4.84. The Morgan fingerprint density at radius 3 is 1.85 bits per heavy atom. The van der Waals surface area contributed by atoms with Crippen LogP contribution in [-0.2, 0) is 0 Å². The molecule has 0 fully saturated rings. The van der Waals surface area contributed by atoms with Crippen molar-refractivity contribution in [1.29, 1.82) is 0 Å². The van der Waals surface area contributed by atoms with Crippen molar-refractivity contribution in [3.8, 4) is 0 Å². The van der Waals surface area contributed by atoms with E-state index in [2.05, 4.69) is 58.1 Å². The number of unbranched alkanes of at least 4 members (excludes halogenated alkanes) is 2. The quantitative estimate of drug-likeness (QED) is 0.438. The molecule has 6 heteroatoms.